The van der Waals surface area contributed by atoms with Gasteiger partial charge >= 0.3 is 0 Å². The SMILES string of the molecule is C[C@H]1[C@H](O)CN1c1nc(-c2ccc(F)c(S(C)(=N)=O)c2)c2c(n1)C(F)(F)CC2. The predicted molar refractivity (Wildman–Crippen MR) is 97.5 cm³/mol. The quantitative estimate of drug-likeness (QED) is 0.809. The summed E-state index contributed by atoms with van der Waals surface area (Å²) < 4.78 is 62.6. The van der Waals surface area contributed by atoms with Crippen LogP contribution in [0.3, 0.4) is 0 Å². The van der Waals surface area contributed by atoms with Crippen molar-refractivity contribution < 1.29 is 22.5 Å². The summed E-state index contributed by atoms with van der Waals surface area (Å²) in [5.74, 6) is -3.82. The first-order valence-electron chi connectivity index (χ1n) is 8.76. The zero-order valence-corrected chi connectivity index (χ0v) is 16.1. The zero-order valence-electron chi connectivity index (χ0n) is 15.2. The van der Waals surface area contributed by atoms with E-state index >= 15 is 0 Å². The molecule has 1 aliphatic carbocycles. The molecule has 0 bridgehead atoms. The molecular formula is C18H19F3N4O2S. The maximum absolute atomic E-state index is 14.4. The number of nitrogens with one attached hydrogen (secondary N) is 1. The van der Waals surface area contributed by atoms with Crippen LogP contribution in [0.4, 0.5) is 19.1 Å². The summed E-state index contributed by atoms with van der Waals surface area (Å²) >= 11 is 0. The number of hydrogen-bond acceptors (Lipinski definition) is 6. The molecule has 3 atom stereocenters. The number of rotatable bonds is 3. The summed E-state index contributed by atoms with van der Waals surface area (Å²) in [6.07, 6.45) is 0.169. The molecular weight excluding hydrogens is 393 g/mol. The van der Waals surface area contributed by atoms with Gasteiger partial charge in [-0.2, -0.15) is 8.78 Å². The van der Waals surface area contributed by atoms with Crippen molar-refractivity contribution in [2.45, 2.75) is 42.7 Å². The van der Waals surface area contributed by atoms with Gasteiger partial charge in [-0.3, -0.25) is 0 Å². The van der Waals surface area contributed by atoms with Gasteiger partial charge in [-0.15, -0.1) is 0 Å². The average Bonchev–Trinajstić information content (AvgIpc) is 2.93. The molecule has 2 heterocycles. The highest BCUT2D eigenvalue weighted by Gasteiger charge is 2.45. The Morgan fingerprint density at radius 1 is 1.36 bits per heavy atom. The number of halogens is 3. The molecule has 1 fully saturated rings. The zero-order chi connectivity index (χ0) is 20.4. The standard InChI is InChI=1S/C18H19F3N4O2S/c1-9-13(26)8-25(9)17-23-15(11-5-6-18(20,21)16(11)24-17)10-3-4-12(19)14(7-10)28(2,22)27/h3-4,7,9,13,22,26H,5-6,8H2,1-2H3/t9-,13+,28?/m0/s1. The number of fused-ring (bicyclic) bond motifs is 1. The van der Waals surface area contributed by atoms with Crippen molar-refractivity contribution in [3.05, 3.63) is 35.3 Å². The van der Waals surface area contributed by atoms with Crippen molar-refractivity contribution in [2.24, 2.45) is 0 Å². The molecule has 150 valence electrons. The molecule has 10 heteroatoms. The molecule has 0 saturated carbocycles. The van der Waals surface area contributed by atoms with E-state index < -0.39 is 34.0 Å². The van der Waals surface area contributed by atoms with Crippen LogP contribution in [0.25, 0.3) is 11.3 Å². The van der Waals surface area contributed by atoms with Crippen molar-refractivity contribution in [3.63, 3.8) is 0 Å². The highest BCUT2D eigenvalue weighted by Crippen LogP contribution is 2.45. The lowest BCUT2D eigenvalue weighted by atomic mass is 10.0. The van der Waals surface area contributed by atoms with Crippen LogP contribution in [0.1, 0.15) is 24.6 Å². The summed E-state index contributed by atoms with van der Waals surface area (Å²) in [7, 11) is -3.35. The molecule has 0 radical (unpaired) electrons. The van der Waals surface area contributed by atoms with Gasteiger partial charge in [-0.25, -0.2) is 23.3 Å². The van der Waals surface area contributed by atoms with E-state index in [0.29, 0.717) is 5.56 Å². The Labute approximate surface area is 160 Å². The average molecular weight is 412 g/mol. The molecule has 1 aromatic heterocycles. The van der Waals surface area contributed by atoms with E-state index in [-0.39, 0.29) is 46.8 Å². The van der Waals surface area contributed by atoms with Crippen LogP contribution in [0, 0.1) is 10.6 Å². The van der Waals surface area contributed by atoms with Gasteiger partial charge in [0.25, 0.3) is 5.92 Å². The minimum Gasteiger partial charge on any atom is -0.389 e. The summed E-state index contributed by atoms with van der Waals surface area (Å²) in [4.78, 5) is 9.84. The van der Waals surface area contributed by atoms with Crippen molar-refractivity contribution in [1.29, 1.82) is 4.78 Å². The number of anilines is 1. The normalized spacial score (nSPS) is 25.1. The molecule has 6 nitrogen and oxygen atoms in total. The lowest BCUT2D eigenvalue weighted by Gasteiger charge is -2.43. The van der Waals surface area contributed by atoms with Crippen molar-refractivity contribution in [3.8, 4) is 11.3 Å². The Morgan fingerprint density at radius 2 is 2.07 bits per heavy atom. The van der Waals surface area contributed by atoms with E-state index in [1.54, 1.807) is 11.8 Å². The monoisotopic (exact) mass is 412 g/mol. The van der Waals surface area contributed by atoms with E-state index in [9.17, 15) is 22.5 Å². The van der Waals surface area contributed by atoms with E-state index in [2.05, 4.69) is 9.97 Å². The molecule has 1 aliphatic heterocycles. The number of aromatic nitrogens is 2. The summed E-state index contributed by atoms with van der Waals surface area (Å²) in [5, 5.41) is 9.75. The van der Waals surface area contributed by atoms with Crippen molar-refractivity contribution >= 4 is 15.7 Å². The second-order valence-corrected chi connectivity index (χ2v) is 9.48. The topological polar surface area (TPSA) is 90.2 Å². The molecule has 1 saturated heterocycles. The van der Waals surface area contributed by atoms with E-state index in [1.165, 1.54) is 12.1 Å². The number of alkyl halides is 2. The lowest BCUT2D eigenvalue weighted by molar-refractivity contribution is -0.00603. The van der Waals surface area contributed by atoms with Crippen LogP contribution in [0.5, 0.6) is 0 Å². The fraction of sp³-hybridized carbons (Fsp3) is 0.444. The molecule has 0 spiro atoms. The van der Waals surface area contributed by atoms with Crippen LogP contribution in [-0.4, -0.2) is 44.2 Å². The largest absolute Gasteiger partial charge is 0.389 e. The smallest absolute Gasteiger partial charge is 0.290 e. The molecule has 28 heavy (non-hydrogen) atoms. The van der Waals surface area contributed by atoms with Gasteiger partial charge in [0.2, 0.25) is 5.95 Å². The number of benzene rings is 1. The first-order chi connectivity index (χ1) is 13.0. The van der Waals surface area contributed by atoms with E-state index in [1.807, 2.05) is 0 Å². The van der Waals surface area contributed by atoms with Crippen LogP contribution in [0.15, 0.2) is 23.1 Å². The summed E-state index contributed by atoms with van der Waals surface area (Å²) in [6, 6.07) is 3.37. The maximum Gasteiger partial charge on any atom is 0.290 e. The molecule has 2 N–H and O–H groups in total. The summed E-state index contributed by atoms with van der Waals surface area (Å²) in [6.45, 7) is 1.97. The number of hydrogen-bond donors (Lipinski definition) is 2. The highest BCUT2D eigenvalue weighted by atomic mass is 32.2. The molecule has 2 aliphatic rings. The fourth-order valence-corrected chi connectivity index (χ4v) is 4.37. The number of nitrogens with zero attached hydrogens (tertiary/aromatic N) is 3. The maximum atomic E-state index is 14.4. The summed E-state index contributed by atoms with van der Waals surface area (Å²) in [5.41, 5.74) is 0.433. The minimum absolute atomic E-state index is 0.0607. The Morgan fingerprint density at radius 3 is 2.68 bits per heavy atom. The second kappa shape index (κ2) is 6.15. The first-order valence-corrected chi connectivity index (χ1v) is 10.7. The molecule has 4 rings (SSSR count). The van der Waals surface area contributed by atoms with Gasteiger partial charge in [0, 0.05) is 30.3 Å². The third-order valence-electron chi connectivity index (χ3n) is 5.34. The Balaban J connectivity index is 1.92. The van der Waals surface area contributed by atoms with Crippen LogP contribution >= 0.6 is 0 Å². The molecule has 2 aromatic rings. The van der Waals surface area contributed by atoms with E-state index in [4.69, 9.17) is 4.78 Å². The number of aliphatic hydroxyl groups is 1. The highest BCUT2D eigenvalue weighted by molar-refractivity contribution is 7.91. The van der Waals surface area contributed by atoms with E-state index in [0.717, 1.165) is 12.3 Å². The van der Waals surface area contributed by atoms with Crippen LogP contribution < -0.4 is 4.90 Å². The van der Waals surface area contributed by atoms with Crippen LogP contribution in [-0.2, 0) is 22.1 Å². The predicted octanol–water partition coefficient (Wildman–Crippen LogP) is 2.93. The van der Waals surface area contributed by atoms with Gasteiger partial charge in [0.05, 0.1) is 32.5 Å². The first kappa shape index (κ1) is 19.1. The second-order valence-electron chi connectivity index (χ2n) is 7.35. The lowest BCUT2D eigenvalue weighted by Crippen LogP contribution is -2.59. The van der Waals surface area contributed by atoms with Gasteiger partial charge in [0.15, 0.2) is 0 Å². The van der Waals surface area contributed by atoms with Gasteiger partial charge in [-0.05, 0) is 31.5 Å². The fourth-order valence-electron chi connectivity index (χ4n) is 3.58. The van der Waals surface area contributed by atoms with Gasteiger partial charge < -0.3 is 10.0 Å². The van der Waals surface area contributed by atoms with Crippen molar-refractivity contribution in [1.82, 2.24) is 9.97 Å². The Kier molecular flexibility index (Phi) is 4.20. The van der Waals surface area contributed by atoms with Crippen LogP contribution in [0.2, 0.25) is 0 Å². The number of β-amino-alcohol motifs (C(OH)–C–C–N with tert-alkyl or cyclic N) is 1. The Bertz CT molecular complexity index is 1070. The number of aliphatic hydroxyl groups excluding tert-OH is 1. The third kappa shape index (κ3) is 2.95. The molecule has 1 aromatic carbocycles. The molecule has 0 amide bonds. The minimum atomic E-state index is -3.35. The molecule has 1 unspecified atom stereocenters. The van der Waals surface area contributed by atoms with Gasteiger partial charge in [0.1, 0.15) is 11.5 Å². The van der Waals surface area contributed by atoms with Crippen molar-refractivity contribution in [2.75, 3.05) is 17.7 Å². The Hall–Kier alpha value is -2.20. The third-order valence-corrected chi connectivity index (χ3v) is 6.50. The van der Waals surface area contributed by atoms with Gasteiger partial charge in [-0.1, -0.05) is 0 Å².